The van der Waals surface area contributed by atoms with Crippen LogP contribution in [0.2, 0.25) is 0 Å². The fourth-order valence-corrected chi connectivity index (χ4v) is 4.34. The molecule has 2 aromatic carbocycles. The Kier molecular flexibility index (Phi) is 7.25. The maximum atomic E-state index is 13.1. The first-order chi connectivity index (χ1) is 13.5. The van der Waals surface area contributed by atoms with Gasteiger partial charge in [0.1, 0.15) is 5.82 Å². The number of rotatable bonds is 8. The summed E-state index contributed by atoms with van der Waals surface area (Å²) in [5.41, 5.74) is 3.88. The lowest BCUT2D eigenvalue weighted by Gasteiger charge is -2.41. The summed E-state index contributed by atoms with van der Waals surface area (Å²) >= 11 is 0. The molecule has 1 fully saturated rings. The summed E-state index contributed by atoms with van der Waals surface area (Å²) in [7, 11) is 0. The van der Waals surface area contributed by atoms with Gasteiger partial charge in [0, 0.05) is 13.2 Å². The molecule has 0 unspecified atom stereocenters. The molecule has 0 spiro atoms. The van der Waals surface area contributed by atoms with E-state index in [1.54, 1.807) is 0 Å². The monoisotopic (exact) mass is 383 g/mol. The molecule has 3 rings (SSSR count). The van der Waals surface area contributed by atoms with Gasteiger partial charge in [-0.3, -0.25) is 0 Å². The van der Waals surface area contributed by atoms with Crippen LogP contribution in [0, 0.1) is 18.7 Å². The van der Waals surface area contributed by atoms with Gasteiger partial charge in [0.05, 0.1) is 5.60 Å². The van der Waals surface area contributed by atoms with Gasteiger partial charge in [-0.15, -0.1) is 0 Å². The van der Waals surface area contributed by atoms with Crippen LogP contribution in [0.25, 0.3) is 0 Å². The van der Waals surface area contributed by atoms with Crippen molar-refractivity contribution in [3.8, 4) is 0 Å². The summed E-state index contributed by atoms with van der Waals surface area (Å²) in [5, 5.41) is 3.55. The van der Waals surface area contributed by atoms with Gasteiger partial charge in [0.15, 0.2) is 0 Å². The molecule has 0 radical (unpaired) electrons. The number of hydrogen-bond acceptors (Lipinski definition) is 2. The normalized spacial score (nSPS) is 23.5. The van der Waals surface area contributed by atoms with Gasteiger partial charge >= 0.3 is 0 Å². The van der Waals surface area contributed by atoms with Crippen molar-refractivity contribution in [3.63, 3.8) is 0 Å². The highest BCUT2D eigenvalue weighted by Gasteiger charge is 2.35. The summed E-state index contributed by atoms with van der Waals surface area (Å²) in [5.74, 6) is 1.01. The van der Waals surface area contributed by atoms with Crippen molar-refractivity contribution in [2.45, 2.75) is 64.5 Å². The van der Waals surface area contributed by atoms with E-state index in [4.69, 9.17) is 4.74 Å². The van der Waals surface area contributed by atoms with Crippen molar-refractivity contribution in [1.82, 2.24) is 5.32 Å². The molecular formula is C25H34FNO. The number of hydrogen-bond donors (Lipinski definition) is 1. The molecule has 0 bridgehead atoms. The molecule has 1 aliphatic heterocycles. The SMILES string of the molecule is CC[C@]1(C)C[C@@H]([C@@H](CCNCc2ccc(F)cc2)c2ccc(C)cc2)CCO1. The van der Waals surface area contributed by atoms with Gasteiger partial charge in [-0.2, -0.15) is 0 Å². The fourth-order valence-electron chi connectivity index (χ4n) is 4.34. The minimum absolute atomic E-state index is 0.00735. The van der Waals surface area contributed by atoms with Crippen molar-refractivity contribution >= 4 is 0 Å². The number of benzene rings is 2. The second-order valence-corrected chi connectivity index (χ2v) is 8.51. The Balaban J connectivity index is 1.64. The van der Waals surface area contributed by atoms with E-state index in [1.807, 2.05) is 12.1 Å². The zero-order valence-electron chi connectivity index (χ0n) is 17.5. The van der Waals surface area contributed by atoms with Crippen LogP contribution in [0.3, 0.4) is 0 Å². The highest BCUT2D eigenvalue weighted by molar-refractivity contribution is 5.25. The lowest BCUT2D eigenvalue weighted by Crippen LogP contribution is -2.38. The van der Waals surface area contributed by atoms with E-state index in [0.717, 1.165) is 50.9 Å². The van der Waals surface area contributed by atoms with Gasteiger partial charge < -0.3 is 10.1 Å². The Morgan fingerprint density at radius 2 is 1.86 bits per heavy atom. The summed E-state index contributed by atoms with van der Waals surface area (Å²) < 4.78 is 19.2. The van der Waals surface area contributed by atoms with Crippen LogP contribution in [0.1, 0.15) is 62.1 Å². The predicted octanol–water partition coefficient (Wildman–Crippen LogP) is 5.99. The smallest absolute Gasteiger partial charge is 0.123 e. The first kappa shape index (κ1) is 21.0. The minimum atomic E-state index is -0.179. The predicted molar refractivity (Wildman–Crippen MR) is 114 cm³/mol. The van der Waals surface area contributed by atoms with Gasteiger partial charge in [0.2, 0.25) is 0 Å². The standard InChI is InChI=1S/C25H34FNO/c1-4-25(3)17-22(14-16-28-25)24(21-9-5-19(2)6-10-21)13-15-27-18-20-7-11-23(26)12-8-20/h5-12,22,24,27H,4,13-18H2,1-3H3/t22-,24-,25+/m0/s1. The zero-order valence-corrected chi connectivity index (χ0v) is 17.5. The number of nitrogens with one attached hydrogen (secondary N) is 1. The van der Waals surface area contributed by atoms with Gasteiger partial charge in [0.25, 0.3) is 0 Å². The third-order valence-corrected chi connectivity index (χ3v) is 6.33. The first-order valence-electron chi connectivity index (χ1n) is 10.6. The summed E-state index contributed by atoms with van der Waals surface area (Å²) in [6.45, 7) is 9.23. The third-order valence-electron chi connectivity index (χ3n) is 6.33. The van der Waals surface area contributed by atoms with Crippen molar-refractivity contribution in [2.24, 2.45) is 5.92 Å². The molecule has 152 valence electrons. The molecule has 2 nitrogen and oxygen atoms in total. The minimum Gasteiger partial charge on any atom is -0.375 e. The van der Waals surface area contributed by atoms with E-state index in [2.05, 4.69) is 50.4 Å². The maximum absolute atomic E-state index is 13.1. The van der Waals surface area contributed by atoms with Crippen LogP contribution in [-0.4, -0.2) is 18.8 Å². The average Bonchev–Trinajstić information content (AvgIpc) is 2.70. The third kappa shape index (κ3) is 5.65. The van der Waals surface area contributed by atoms with Gasteiger partial charge in [-0.25, -0.2) is 4.39 Å². The fraction of sp³-hybridized carbons (Fsp3) is 0.520. The van der Waals surface area contributed by atoms with E-state index < -0.39 is 0 Å². The van der Waals surface area contributed by atoms with Crippen LogP contribution in [0.15, 0.2) is 48.5 Å². The second kappa shape index (κ2) is 9.67. The van der Waals surface area contributed by atoms with Gasteiger partial charge in [-0.05, 0) is 81.2 Å². The summed E-state index contributed by atoms with van der Waals surface area (Å²) in [6.07, 6.45) is 4.42. The molecule has 0 aliphatic carbocycles. The Hall–Kier alpha value is -1.71. The lowest BCUT2D eigenvalue weighted by molar-refractivity contribution is -0.0915. The van der Waals surface area contributed by atoms with Crippen LogP contribution >= 0.6 is 0 Å². The van der Waals surface area contributed by atoms with Crippen molar-refractivity contribution in [3.05, 3.63) is 71.0 Å². The maximum Gasteiger partial charge on any atom is 0.123 e. The lowest BCUT2D eigenvalue weighted by atomic mass is 9.74. The number of aryl methyl sites for hydroxylation is 1. The van der Waals surface area contributed by atoms with Crippen LogP contribution in [0.5, 0.6) is 0 Å². The number of ether oxygens (including phenoxy) is 1. The second-order valence-electron chi connectivity index (χ2n) is 8.51. The molecule has 0 amide bonds. The molecule has 3 atom stereocenters. The quantitative estimate of drug-likeness (QED) is 0.565. The van der Waals surface area contributed by atoms with E-state index in [1.165, 1.54) is 23.3 Å². The highest BCUT2D eigenvalue weighted by atomic mass is 19.1. The number of halogens is 1. The van der Waals surface area contributed by atoms with Crippen LogP contribution in [-0.2, 0) is 11.3 Å². The van der Waals surface area contributed by atoms with Crippen molar-refractivity contribution in [1.29, 1.82) is 0 Å². The van der Waals surface area contributed by atoms with E-state index in [9.17, 15) is 4.39 Å². The molecule has 1 N–H and O–H groups in total. The van der Waals surface area contributed by atoms with Crippen LogP contribution in [0.4, 0.5) is 4.39 Å². The molecular weight excluding hydrogens is 349 g/mol. The van der Waals surface area contributed by atoms with Crippen molar-refractivity contribution in [2.75, 3.05) is 13.2 Å². The Bertz CT molecular complexity index is 727. The molecule has 0 saturated carbocycles. The highest BCUT2D eigenvalue weighted by Crippen LogP contribution is 2.41. The Labute approximate surface area is 169 Å². The van der Waals surface area contributed by atoms with Gasteiger partial charge in [-0.1, -0.05) is 48.9 Å². The Morgan fingerprint density at radius 1 is 1.14 bits per heavy atom. The summed E-state index contributed by atoms with van der Waals surface area (Å²) in [4.78, 5) is 0. The topological polar surface area (TPSA) is 21.3 Å². The molecule has 1 aliphatic rings. The van der Waals surface area contributed by atoms with Crippen molar-refractivity contribution < 1.29 is 9.13 Å². The first-order valence-corrected chi connectivity index (χ1v) is 10.6. The van der Waals surface area contributed by atoms with E-state index in [-0.39, 0.29) is 11.4 Å². The molecule has 1 saturated heterocycles. The average molecular weight is 384 g/mol. The Morgan fingerprint density at radius 3 is 2.54 bits per heavy atom. The zero-order chi connectivity index (χ0) is 20.0. The van der Waals surface area contributed by atoms with E-state index >= 15 is 0 Å². The summed E-state index contributed by atoms with van der Waals surface area (Å²) in [6, 6.07) is 15.8. The molecule has 28 heavy (non-hydrogen) atoms. The van der Waals surface area contributed by atoms with E-state index in [0.29, 0.717) is 11.8 Å². The van der Waals surface area contributed by atoms with Crippen LogP contribution < -0.4 is 5.32 Å². The molecule has 1 heterocycles. The molecule has 0 aromatic heterocycles. The largest absolute Gasteiger partial charge is 0.375 e. The molecule has 3 heteroatoms. The molecule has 2 aromatic rings.